The van der Waals surface area contributed by atoms with Crippen molar-refractivity contribution in [1.82, 2.24) is 15.8 Å². The van der Waals surface area contributed by atoms with Crippen molar-refractivity contribution < 1.29 is 14.3 Å². The second kappa shape index (κ2) is 8.79. The number of rotatable bonds is 5. The van der Waals surface area contributed by atoms with E-state index in [4.69, 9.17) is 10.00 Å². The minimum atomic E-state index is -0.514. The summed E-state index contributed by atoms with van der Waals surface area (Å²) in [6.45, 7) is 1.54. The van der Waals surface area contributed by atoms with Gasteiger partial charge in [0.05, 0.1) is 22.3 Å². The van der Waals surface area contributed by atoms with E-state index >= 15 is 0 Å². The van der Waals surface area contributed by atoms with Gasteiger partial charge in [-0.3, -0.25) is 20.4 Å². The van der Waals surface area contributed by atoms with Crippen molar-refractivity contribution in [2.75, 3.05) is 6.61 Å². The van der Waals surface area contributed by atoms with Crippen LogP contribution in [-0.4, -0.2) is 23.4 Å². The zero-order valence-corrected chi connectivity index (χ0v) is 15.7. The summed E-state index contributed by atoms with van der Waals surface area (Å²) in [5.74, 6) is -0.513. The molecule has 0 spiro atoms. The molecular weight excluding hydrogens is 376 g/mol. The fourth-order valence-electron chi connectivity index (χ4n) is 2.37. The third-order valence-electron chi connectivity index (χ3n) is 3.66. The third kappa shape index (κ3) is 4.72. The molecule has 3 rings (SSSR count). The van der Waals surface area contributed by atoms with Gasteiger partial charge in [-0.1, -0.05) is 30.3 Å². The van der Waals surface area contributed by atoms with Crippen LogP contribution in [0.15, 0.2) is 54.6 Å². The number of aryl methyl sites for hydroxylation is 1. The Morgan fingerprint density at radius 1 is 1.11 bits per heavy atom. The van der Waals surface area contributed by atoms with Crippen LogP contribution < -0.4 is 15.6 Å². The summed E-state index contributed by atoms with van der Waals surface area (Å²) < 4.78 is 5.32. The Morgan fingerprint density at radius 3 is 2.50 bits per heavy atom. The van der Waals surface area contributed by atoms with Gasteiger partial charge < -0.3 is 4.74 Å². The fraction of sp³-hybridized carbons (Fsp3) is 0.100. The molecule has 0 aliphatic rings. The van der Waals surface area contributed by atoms with Crippen molar-refractivity contribution in [3.05, 3.63) is 70.0 Å². The Bertz CT molecular complexity index is 1020. The highest BCUT2D eigenvalue weighted by Gasteiger charge is 2.18. The second-order valence-corrected chi connectivity index (χ2v) is 6.91. The molecule has 1 heterocycles. The number of benzene rings is 2. The minimum Gasteiger partial charge on any atom is -0.484 e. The molecule has 3 aromatic rings. The molecule has 0 fully saturated rings. The van der Waals surface area contributed by atoms with Crippen molar-refractivity contribution in [1.29, 1.82) is 5.26 Å². The van der Waals surface area contributed by atoms with Crippen LogP contribution >= 0.6 is 11.3 Å². The molecule has 140 valence electrons. The van der Waals surface area contributed by atoms with E-state index in [2.05, 4.69) is 15.8 Å². The first-order chi connectivity index (χ1) is 13.6. The first kappa shape index (κ1) is 19.1. The van der Waals surface area contributed by atoms with Gasteiger partial charge in [0.1, 0.15) is 10.6 Å². The van der Waals surface area contributed by atoms with E-state index in [1.807, 2.05) is 43.3 Å². The van der Waals surface area contributed by atoms with Gasteiger partial charge >= 0.3 is 0 Å². The average molecular weight is 392 g/mol. The molecule has 2 amide bonds. The monoisotopic (exact) mass is 392 g/mol. The van der Waals surface area contributed by atoms with Gasteiger partial charge in [-0.05, 0) is 31.2 Å². The SMILES string of the molecule is Cc1nc(-c2ccccc2)c(C(=O)NNC(=O)COc2ccc(C#N)cc2)s1. The zero-order valence-electron chi connectivity index (χ0n) is 14.9. The number of nitriles is 1. The topological polar surface area (TPSA) is 104 Å². The van der Waals surface area contributed by atoms with Gasteiger partial charge in [0, 0.05) is 5.56 Å². The molecule has 8 heteroatoms. The first-order valence-electron chi connectivity index (χ1n) is 8.32. The van der Waals surface area contributed by atoms with Crippen LogP contribution in [0, 0.1) is 18.3 Å². The predicted octanol–water partition coefficient (Wildman–Crippen LogP) is 2.83. The number of carbonyl (C=O) groups is 2. The van der Waals surface area contributed by atoms with E-state index in [1.165, 1.54) is 11.3 Å². The number of carbonyl (C=O) groups excluding carboxylic acids is 2. The summed E-state index contributed by atoms with van der Waals surface area (Å²) in [6.07, 6.45) is 0. The molecule has 0 saturated heterocycles. The van der Waals surface area contributed by atoms with Crippen LogP contribution in [0.25, 0.3) is 11.3 Å². The van der Waals surface area contributed by atoms with E-state index in [-0.39, 0.29) is 6.61 Å². The molecule has 1 aromatic heterocycles. The summed E-state index contributed by atoms with van der Waals surface area (Å²) in [5.41, 5.74) is 6.61. The maximum atomic E-state index is 12.5. The van der Waals surface area contributed by atoms with Crippen LogP contribution in [0.3, 0.4) is 0 Å². The average Bonchev–Trinajstić information content (AvgIpc) is 3.13. The Kier molecular flexibility index (Phi) is 5.99. The van der Waals surface area contributed by atoms with Crippen LogP contribution in [-0.2, 0) is 4.79 Å². The van der Waals surface area contributed by atoms with Crippen molar-refractivity contribution in [2.45, 2.75) is 6.92 Å². The van der Waals surface area contributed by atoms with E-state index in [0.29, 0.717) is 21.9 Å². The highest BCUT2D eigenvalue weighted by atomic mass is 32.1. The summed E-state index contributed by atoms with van der Waals surface area (Å²) >= 11 is 1.25. The molecular formula is C20H16N4O3S. The summed E-state index contributed by atoms with van der Waals surface area (Å²) in [4.78, 5) is 29.2. The van der Waals surface area contributed by atoms with E-state index in [0.717, 1.165) is 10.6 Å². The van der Waals surface area contributed by atoms with Crippen molar-refractivity contribution in [2.24, 2.45) is 0 Å². The minimum absolute atomic E-state index is 0.278. The molecule has 0 aliphatic heterocycles. The summed E-state index contributed by atoms with van der Waals surface area (Å²) in [7, 11) is 0. The Balaban J connectivity index is 1.57. The molecule has 0 aliphatic carbocycles. The van der Waals surface area contributed by atoms with Gasteiger partial charge in [0.2, 0.25) is 0 Å². The number of amides is 2. The lowest BCUT2D eigenvalue weighted by molar-refractivity contribution is -0.123. The quantitative estimate of drug-likeness (QED) is 0.650. The fourth-order valence-corrected chi connectivity index (χ4v) is 3.20. The zero-order chi connectivity index (χ0) is 19.9. The van der Waals surface area contributed by atoms with Crippen molar-refractivity contribution in [3.8, 4) is 23.1 Å². The van der Waals surface area contributed by atoms with Crippen LogP contribution in [0.5, 0.6) is 5.75 Å². The largest absolute Gasteiger partial charge is 0.484 e. The number of ether oxygens (including phenoxy) is 1. The van der Waals surface area contributed by atoms with Gasteiger partial charge in [-0.25, -0.2) is 4.98 Å². The number of nitrogens with one attached hydrogen (secondary N) is 2. The number of aromatic nitrogens is 1. The lowest BCUT2D eigenvalue weighted by Gasteiger charge is -2.09. The van der Waals surface area contributed by atoms with E-state index < -0.39 is 11.8 Å². The molecule has 28 heavy (non-hydrogen) atoms. The number of hydrogen-bond acceptors (Lipinski definition) is 6. The summed E-state index contributed by atoms with van der Waals surface area (Å²) in [5, 5.41) is 9.51. The Morgan fingerprint density at radius 2 is 1.82 bits per heavy atom. The standard InChI is InChI=1S/C20H16N4O3S/c1-13-22-18(15-5-3-2-4-6-15)19(28-13)20(26)24-23-17(25)12-27-16-9-7-14(11-21)8-10-16/h2-10H,12H2,1H3,(H,23,25)(H,24,26). The molecule has 7 nitrogen and oxygen atoms in total. The Labute approximate surface area is 165 Å². The highest BCUT2D eigenvalue weighted by molar-refractivity contribution is 7.14. The molecule has 0 bridgehead atoms. The molecule has 2 aromatic carbocycles. The number of thiazole rings is 1. The van der Waals surface area contributed by atoms with Crippen LogP contribution in [0.1, 0.15) is 20.2 Å². The van der Waals surface area contributed by atoms with Crippen LogP contribution in [0.4, 0.5) is 0 Å². The molecule has 0 radical (unpaired) electrons. The Hall–Kier alpha value is -3.70. The number of hydrazine groups is 1. The van der Waals surface area contributed by atoms with Gasteiger partial charge in [-0.2, -0.15) is 5.26 Å². The molecule has 0 atom stereocenters. The second-order valence-electron chi connectivity index (χ2n) is 5.70. The van der Waals surface area contributed by atoms with Gasteiger partial charge in [0.25, 0.3) is 11.8 Å². The molecule has 2 N–H and O–H groups in total. The van der Waals surface area contributed by atoms with Gasteiger partial charge in [-0.15, -0.1) is 11.3 Å². The number of nitrogens with zero attached hydrogens (tertiary/aromatic N) is 2. The molecule has 0 unspecified atom stereocenters. The smallest absolute Gasteiger partial charge is 0.282 e. The van der Waals surface area contributed by atoms with Crippen molar-refractivity contribution >= 4 is 23.2 Å². The van der Waals surface area contributed by atoms with Crippen LogP contribution in [0.2, 0.25) is 0 Å². The predicted molar refractivity (Wildman–Crippen MR) is 105 cm³/mol. The summed E-state index contributed by atoms with van der Waals surface area (Å²) in [6, 6.07) is 17.7. The van der Waals surface area contributed by atoms with Crippen molar-refractivity contribution in [3.63, 3.8) is 0 Å². The molecule has 0 saturated carbocycles. The van der Waals surface area contributed by atoms with E-state index in [9.17, 15) is 9.59 Å². The lowest BCUT2D eigenvalue weighted by atomic mass is 10.1. The highest BCUT2D eigenvalue weighted by Crippen LogP contribution is 2.27. The van der Waals surface area contributed by atoms with E-state index in [1.54, 1.807) is 24.3 Å². The third-order valence-corrected chi connectivity index (χ3v) is 4.63. The first-order valence-corrected chi connectivity index (χ1v) is 9.13. The maximum Gasteiger partial charge on any atom is 0.282 e. The normalized spacial score (nSPS) is 10.0. The van der Waals surface area contributed by atoms with Gasteiger partial charge in [0.15, 0.2) is 6.61 Å². The maximum absolute atomic E-state index is 12.5. The number of hydrogen-bond donors (Lipinski definition) is 2. The lowest BCUT2D eigenvalue weighted by Crippen LogP contribution is -2.43.